The third-order valence-corrected chi connectivity index (χ3v) is 5.42. The van der Waals surface area contributed by atoms with Crippen LogP contribution in [0, 0.1) is 5.92 Å². The van der Waals surface area contributed by atoms with E-state index < -0.39 is 0 Å². The Bertz CT molecular complexity index is 408. The van der Waals surface area contributed by atoms with Crippen LogP contribution in [0.1, 0.15) is 45.1 Å². The molecule has 2 unspecified atom stereocenters. The highest BCUT2D eigenvalue weighted by Crippen LogP contribution is 2.37. The Labute approximate surface area is 126 Å². The van der Waals surface area contributed by atoms with Crippen molar-refractivity contribution < 1.29 is 0 Å². The van der Waals surface area contributed by atoms with Crippen molar-refractivity contribution in [1.29, 1.82) is 0 Å². The van der Waals surface area contributed by atoms with Crippen LogP contribution in [-0.4, -0.2) is 11.8 Å². The first kappa shape index (κ1) is 15.2. The van der Waals surface area contributed by atoms with Gasteiger partial charge in [0.1, 0.15) is 0 Å². The van der Waals surface area contributed by atoms with Gasteiger partial charge < -0.3 is 5.32 Å². The van der Waals surface area contributed by atoms with Crippen molar-refractivity contribution >= 4 is 23.4 Å². The quantitative estimate of drug-likeness (QED) is 0.809. The fraction of sp³-hybridized carbons (Fsp3) is 0.625. The van der Waals surface area contributed by atoms with E-state index in [1.54, 1.807) is 0 Å². The summed E-state index contributed by atoms with van der Waals surface area (Å²) in [4.78, 5) is 1.32. The van der Waals surface area contributed by atoms with Crippen molar-refractivity contribution in [2.24, 2.45) is 5.92 Å². The van der Waals surface area contributed by atoms with Gasteiger partial charge in [0, 0.05) is 21.7 Å². The molecule has 1 aromatic rings. The van der Waals surface area contributed by atoms with Crippen LogP contribution in [0.5, 0.6) is 0 Å². The second-order valence-electron chi connectivity index (χ2n) is 5.55. The van der Waals surface area contributed by atoms with Crippen molar-refractivity contribution in [1.82, 2.24) is 5.32 Å². The van der Waals surface area contributed by atoms with Gasteiger partial charge in [0.25, 0.3) is 0 Å². The summed E-state index contributed by atoms with van der Waals surface area (Å²) >= 11 is 8.37. The summed E-state index contributed by atoms with van der Waals surface area (Å²) in [6.45, 7) is 6.33. The van der Waals surface area contributed by atoms with E-state index in [1.165, 1.54) is 36.1 Å². The summed E-state index contributed by atoms with van der Waals surface area (Å²) in [6.07, 6.45) is 5.48. The molecule has 1 aromatic carbocycles. The molecule has 1 aliphatic rings. The van der Waals surface area contributed by atoms with E-state index in [1.807, 2.05) is 11.8 Å². The van der Waals surface area contributed by atoms with Gasteiger partial charge in [0.05, 0.1) is 0 Å². The Balaban J connectivity index is 1.95. The molecule has 106 valence electrons. The molecule has 1 fully saturated rings. The minimum Gasteiger partial charge on any atom is -0.313 e. The molecular formula is C16H24ClNS. The molecule has 3 heteroatoms. The lowest BCUT2D eigenvalue weighted by Gasteiger charge is -2.26. The fourth-order valence-corrected chi connectivity index (χ4v) is 4.42. The van der Waals surface area contributed by atoms with Crippen molar-refractivity contribution in [2.75, 3.05) is 6.54 Å². The molecule has 2 atom stereocenters. The summed E-state index contributed by atoms with van der Waals surface area (Å²) in [5.74, 6) is 0.884. The van der Waals surface area contributed by atoms with Gasteiger partial charge in [-0.1, -0.05) is 44.4 Å². The van der Waals surface area contributed by atoms with Crippen LogP contribution >= 0.6 is 23.4 Å². The van der Waals surface area contributed by atoms with Gasteiger partial charge in [-0.3, -0.25) is 0 Å². The maximum Gasteiger partial charge on any atom is 0.0462 e. The van der Waals surface area contributed by atoms with E-state index in [0.717, 1.165) is 29.3 Å². The second-order valence-corrected chi connectivity index (χ2v) is 7.33. The summed E-state index contributed by atoms with van der Waals surface area (Å²) in [5, 5.41) is 5.00. The maximum atomic E-state index is 6.36. The summed E-state index contributed by atoms with van der Waals surface area (Å²) in [5.41, 5.74) is 1.20. The van der Waals surface area contributed by atoms with Crippen molar-refractivity contribution in [3.63, 3.8) is 0 Å². The number of benzene rings is 1. The van der Waals surface area contributed by atoms with E-state index in [-0.39, 0.29) is 0 Å². The Kier molecular flexibility index (Phi) is 6.06. The van der Waals surface area contributed by atoms with Gasteiger partial charge in [-0.25, -0.2) is 0 Å². The lowest BCUT2D eigenvalue weighted by molar-refractivity contribution is 0.394. The van der Waals surface area contributed by atoms with Gasteiger partial charge >= 0.3 is 0 Å². The molecule has 1 N–H and O–H groups in total. The van der Waals surface area contributed by atoms with E-state index in [0.29, 0.717) is 0 Å². The van der Waals surface area contributed by atoms with Crippen LogP contribution in [0.4, 0.5) is 0 Å². The van der Waals surface area contributed by atoms with Gasteiger partial charge in [0.15, 0.2) is 0 Å². The van der Waals surface area contributed by atoms with Crippen molar-refractivity contribution in [2.45, 2.75) is 56.2 Å². The van der Waals surface area contributed by atoms with Crippen LogP contribution in [0.15, 0.2) is 23.1 Å². The molecule has 0 saturated heterocycles. The smallest absolute Gasteiger partial charge is 0.0462 e. The number of hydrogen-bond acceptors (Lipinski definition) is 2. The lowest BCUT2D eigenvalue weighted by atomic mass is 9.91. The zero-order valence-corrected chi connectivity index (χ0v) is 13.5. The minimum atomic E-state index is 0.777. The average Bonchev–Trinajstić information content (AvgIpc) is 2.38. The largest absolute Gasteiger partial charge is 0.313 e. The molecule has 0 bridgehead atoms. The predicted molar refractivity (Wildman–Crippen MR) is 86.1 cm³/mol. The standard InChI is InChI=1S/C16H24ClNS/c1-3-18-11-13-7-8-15(10-16(13)17)19-14-6-4-5-12(2)9-14/h7-8,10,12,14,18H,3-6,9,11H2,1-2H3. The lowest BCUT2D eigenvalue weighted by Crippen LogP contribution is -2.15. The first-order valence-corrected chi connectivity index (χ1v) is 8.60. The van der Waals surface area contributed by atoms with Crippen LogP contribution in [-0.2, 0) is 6.54 Å². The van der Waals surface area contributed by atoms with Crippen LogP contribution in [0.3, 0.4) is 0 Å². The van der Waals surface area contributed by atoms with Crippen molar-refractivity contribution in [3.8, 4) is 0 Å². The van der Waals surface area contributed by atoms with E-state index in [9.17, 15) is 0 Å². The SMILES string of the molecule is CCNCc1ccc(SC2CCCC(C)C2)cc1Cl. The third kappa shape index (κ3) is 4.70. The topological polar surface area (TPSA) is 12.0 Å². The second kappa shape index (κ2) is 7.56. The average molecular weight is 298 g/mol. The van der Waals surface area contributed by atoms with Crippen LogP contribution < -0.4 is 5.32 Å². The predicted octanol–water partition coefficient (Wildman–Crippen LogP) is 5.12. The molecule has 0 radical (unpaired) electrons. The first-order valence-electron chi connectivity index (χ1n) is 7.34. The van der Waals surface area contributed by atoms with E-state index >= 15 is 0 Å². The molecule has 0 spiro atoms. The van der Waals surface area contributed by atoms with E-state index in [2.05, 4.69) is 37.4 Å². The zero-order chi connectivity index (χ0) is 13.7. The number of thioether (sulfide) groups is 1. The third-order valence-electron chi connectivity index (χ3n) is 3.78. The molecule has 0 aromatic heterocycles. The molecule has 0 amide bonds. The van der Waals surface area contributed by atoms with Gasteiger partial charge in [-0.2, -0.15) is 0 Å². The molecule has 2 rings (SSSR count). The summed E-state index contributed by atoms with van der Waals surface area (Å²) < 4.78 is 0. The van der Waals surface area contributed by atoms with Crippen molar-refractivity contribution in [3.05, 3.63) is 28.8 Å². The number of hydrogen-bond donors (Lipinski definition) is 1. The highest BCUT2D eigenvalue weighted by molar-refractivity contribution is 8.00. The molecule has 1 saturated carbocycles. The molecule has 1 nitrogen and oxygen atoms in total. The molecule has 1 aliphatic carbocycles. The Morgan fingerprint density at radius 2 is 2.21 bits per heavy atom. The fourth-order valence-electron chi connectivity index (χ4n) is 2.68. The van der Waals surface area contributed by atoms with Crippen LogP contribution in [0.25, 0.3) is 0 Å². The summed E-state index contributed by atoms with van der Waals surface area (Å²) in [6, 6.07) is 6.53. The van der Waals surface area contributed by atoms with E-state index in [4.69, 9.17) is 11.6 Å². The Hall–Kier alpha value is -0.180. The monoisotopic (exact) mass is 297 g/mol. The van der Waals surface area contributed by atoms with Gasteiger partial charge in [-0.15, -0.1) is 11.8 Å². The molecule has 19 heavy (non-hydrogen) atoms. The normalized spacial score (nSPS) is 23.5. The molecular weight excluding hydrogens is 274 g/mol. The number of halogens is 1. The number of nitrogens with one attached hydrogen (secondary N) is 1. The van der Waals surface area contributed by atoms with Gasteiger partial charge in [0.2, 0.25) is 0 Å². The molecule has 0 aliphatic heterocycles. The Morgan fingerprint density at radius 1 is 1.37 bits per heavy atom. The highest BCUT2D eigenvalue weighted by Gasteiger charge is 2.19. The van der Waals surface area contributed by atoms with Gasteiger partial charge in [-0.05, 0) is 43.0 Å². The molecule has 0 heterocycles. The first-order chi connectivity index (χ1) is 9.19. The Morgan fingerprint density at radius 3 is 2.89 bits per heavy atom. The van der Waals surface area contributed by atoms with Crippen LogP contribution in [0.2, 0.25) is 5.02 Å². The number of rotatable bonds is 5. The highest BCUT2D eigenvalue weighted by atomic mass is 35.5. The maximum absolute atomic E-state index is 6.36. The summed E-state index contributed by atoms with van der Waals surface area (Å²) in [7, 11) is 0. The minimum absolute atomic E-state index is 0.777. The zero-order valence-electron chi connectivity index (χ0n) is 11.9.